The molecule has 3 saturated heterocycles. The second kappa shape index (κ2) is 5.15. The normalized spacial score (nSPS) is 36.4. The molecule has 0 N–H and O–H groups in total. The monoisotopic (exact) mass is 332 g/mol. The summed E-state index contributed by atoms with van der Waals surface area (Å²) in [4.78, 5) is 33.8. The molecule has 0 aromatic rings. The zero-order valence-electron chi connectivity index (χ0n) is 12.7. The van der Waals surface area contributed by atoms with Crippen molar-refractivity contribution in [2.24, 2.45) is 0 Å². The lowest BCUT2D eigenvalue weighted by molar-refractivity contribution is -0.267. The first kappa shape index (κ1) is 15.7. The summed E-state index contributed by atoms with van der Waals surface area (Å²) in [6, 6.07) is 0. The summed E-state index contributed by atoms with van der Waals surface area (Å²) in [5, 5.41) is 0. The fourth-order valence-corrected chi connectivity index (χ4v) is 2.43. The van der Waals surface area contributed by atoms with Gasteiger partial charge in [-0.15, -0.1) is 0 Å². The van der Waals surface area contributed by atoms with E-state index >= 15 is 0 Å². The van der Waals surface area contributed by atoms with Crippen LogP contribution in [0.5, 0.6) is 0 Å². The second-order valence-electron chi connectivity index (χ2n) is 5.93. The number of ether oxygens (including phenoxy) is 7. The Kier molecular flexibility index (Phi) is 3.51. The zero-order chi connectivity index (χ0) is 16.8. The molecule has 3 rings (SSSR count). The molecule has 23 heavy (non-hydrogen) atoms. The van der Waals surface area contributed by atoms with Gasteiger partial charge in [0.1, 0.15) is 19.3 Å². The average Bonchev–Trinajstić information content (AvgIpc) is 3.08. The summed E-state index contributed by atoms with van der Waals surface area (Å²) in [7, 11) is 0. The van der Waals surface area contributed by atoms with E-state index in [1.807, 2.05) is 0 Å². The molecule has 0 aromatic carbocycles. The second-order valence-corrected chi connectivity index (χ2v) is 5.93. The molecule has 1 unspecified atom stereocenters. The summed E-state index contributed by atoms with van der Waals surface area (Å²) >= 11 is 0. The van der Waals surface area contributed by atoms with Gasteiger partial charge in [-0.1, -0.05) is 0 Å². The molecular formula is C13H16O10. The lowest BCUT2D eigenvalue weighted by Crippen LogP contribution is -2.55. The van der Waals surface area contributed by atoms with Crippen LogP contribution in [-0.2, 0) is 33.2 Å². The molecule has 0 bridgehead atoms. The van der Waals surface area contributed by atoms with Crippen LogP contribution in [0.2, 0.25) is 0 Å². The highest BCUT2D eigenvalue weighted by molar-refractivity contribution is 5.64. The lowest BCUT2D eigenvalue weighted by atomic mass is 9.98. The summed E-state index contributed by atoms with van der Waals surface area (Å²) in [5.74, 6) is -1.49. The van der Waals surface area contributed by atoms with Crippen molar-refractivity contribution in [1.82, 2.24) is 0 Å². The number of hydrogen-bond acceptors (Lipinski definition) is 10. The summed E-state index contributed by atoms with van der Waals surface area (Å²) in [5.41, 5.74) is -1.12. The van der Waals surface area contributed by atoms with Gasteiger partial charge in [-0.05, 0) is 13.8 Å². The highest BCUT2D eigenvalue weighted by Crippen LogP contribution is 2.40. The molecule has 0 spiro atoms. The molecule has 3 aliphatic rings. The highest BCUT2D eigenvalue weighted by atomic mass is 16.9. The molecule has 0 aromatic heterocycles. The first-order valence-electron chi connectivity index (χ1n) is 6.97. The van der Waals surface area contributed by atoms with Crippen molar-refractivity contribution in [2.45, 2.75) is 50.5 Å². The van der Waals surface area contributed by atoms with Crippen LogP contribution in [0.25, 0.3) is 0 Å². The minimum absolute atomic E-state index is 0.0944. The fourth-order valence-electron chi connectivity index (χ4n) is 2.43. The minimum atomic E-state index is -1.49. The molecule has 3 heterocycles. The number of carbonyl (C=O) groups is 3. The van der Waals surface area contributed by atoms with E-state index < -0.39 is 48.2 Å². The van der Waals surface area contributed by atoms with Gasteiger partial charge in [0.2, 0.25) is 0 Å². The van der Waals surface area contributed by atoms with Gasteiger partial charge in [-0.25, -0.2) is 14.4 Å². The molecule has 0 saturated carbocycles. The van der Waals surface area contributed by atoms with Crippen molar-refractivity contribution < 1.29 is 47.5 Å². The van der Waals surface area contributed by atoms with E-state index in [1.165, 1.54) is 6.92 Å². The molecule has 0 amide bonds. The third kappa shape index (κ3) is 2.74. The van der Waals surface area contributed by atoms with Crippen LogP contribution in [0.3, 0.4) is 0 Å². The van der Waals surface area contributed by atoms with Crippen LogP contribution in [0.4, 0.5) is 14.4 Å². The SMILES string of the molecule is CC1(C)OC(=O)O[C@]1(C)OC([C@@H]1COC(=O)O1)[C@H]1COC(=O)O1. The standard InChI is InChI=1S/C13H16O10/c1-12(2)13(3,23-11(16)22-12)21-8(6-4-17-9(14)19-6)7-5-18-10(15)20-7/h6-8H,4-5H2,1-3H3/t6-,7+,8?,13-/m0/s1. The van der Waals surface area contributed by atoms with Gasteiger partial charge in [-0.2, -0.15) is 0 Å². The predicted molar refractivity (Wildman–Crippen MR) is 67.4 cm³/mol. The Balaban J connectivity index is 1.82. The summed E-state index contributed by atoms with van der Waals surface area (Å²) < 4.78 is 35.6. The Morgan fingerprint density at radius 3 is 1.78 bits per heavy atom. The minimum Gasteiger partial charge on any atom is -0.430 e. The van der Waals surface area contributed by atoms with Gasteiger partial charge < -0.3 is 33.2 Å². The van der Waals surface area contributed by atoms with Crippen LogP contribution in [0.15, 0.2) is 0 Å². The molecule has 128 valence electrons. The average molecular weight is 332 g/mol. The van der Waals surface area contributed by atoms with E-state index in [0.717, 1.165) is 0 Å². The van der Waals surface area contributed by atoms with Gasteiger partial charge in [0, 0.05) is 6.92 Å². The fraction of sp³-hybridized carbons (Fsp3) is 0.769. The van der Waals surface area contributed by atoms with E-state index in [0.29, 0.717) is 0 Å². The molecule has 4 atom stereocenters. The lowest BCUT2D eigenvalue weighted by Gasteiger charge is -2.37. The molecule has 0 radical (unpaired) electrons. The Hall–Kier alpha value is -2.23. The van der Waals surface area contributed by atoms with E-state index in [1.54, 1.807) is 13.8 Å². The third-order valence-corrected chi connectivity index (χ3v) is 4.03. The Bertz CT molecular complexity index is 517. The summed E-state index contributed by atoms with van der Waals surface area (Å²) in [6.07, 6.45) is -5.29. The van der Waals surface area contributed by atoms with Crippen LogP contribution < -0.4 is 0 Å². The topological polar surface area (TPSA) is 116 Å². The zero-order valence-corrected chi connectivity index (χ0v) is 12.7. The smallest absolute Gasteiger partial charge is 0.430 e. The van der Waals surface area contributed by atoms with Crippen molar-refractivity contribution in [3.8, 4) is 0 Å². The quantitative estimate of drug-likeness (QED) is 0.547. The van der Waals surface area contributed by atoms with Crippen molar-refractivity contribution in [3.05, 3.63) is 0 Å². The number of hydrogen-bond donors (Lipinski definition) is 0. The van der Waals surface area contributed by atoms with Crippen LogP contribution in [-0.4, -0.2) is 61.4 Å². The first-order chi connectivity index (χ1) is 10.7. The van der Waals surface area contributed by atoms with E-state index in [-0.39, 0.29) is 13.2 Å². The Labute approximate surface area is 130 Å². The van der Waals surface area contributed by atoms with Crippen molar-refractivity contribution in [3.63, 3.8) is 0 Å². The van der Waals surface area contributed by atoms with E-state index in [2.05, 4.69) is 0 Å². The molecule has 3 aliphatic heterocycles. The van der Waals surface area contributed by atoms with Gasteiger partial charge in [0.05, 0.1) is 0 Å². The largest absolute Gasteiger partial charge is 0.511 e. The molecule has 10 heteroatoms. The number of carbonyl (C=O) groups excluding carboxylic acids is 3. The predicted octanol–water partition coefficient (Wildman–Crippen LogP) is 1.10. The number of cyclic esters (lactones) is 6. The Morgan fingerprint density at radius 1 is 0.913 bits per heavy atom. The third-order valence-electron chi connectivity index (χ3n) is 4.03. The molecule has 10 nitrogen and oxygen atoms in total. The van der Waals surface area contributed by atoms with Crippen LogP contribution >= 0.6 is 0 Å². The number of rotatable bonds is 4. The van der Waals surface area contributed by atoms with Crippen LogP contribution in [0, 0.1) is 0 Å². The maximum absolute atomic E-state index is 11.5. The summed E-state index contributed by atoms with van der Waals surface area (Å²) in [6.45, 7) is 4.51. The van der Waals surface area contributed by atoms with Gasteiger partial charge in [0.25, 0.3) is 5.79 Å². The van der Waals surface area contributed by atoms with Crippen LogP contribution in [0.1, 0.15) is 20.8 Å². The van der Waals surface area contributed by atoms with Crippen molar-refractivity contribution >= 4 is 18.5 Å². The van der Waals surface area contributed by atoms with Gasteiger partial charge in [0.15, 0.2) is 17.8 Å². The van der Waals surface area contributed by atoms with Gasteiger partial charge in [-0.3, -0.25) is 0 Å². The Morgan fingerprint density at radius 2 is 1.43 bits per heavy atom. The molecule has 0 aliphatic carbocycles. The van der Waals surface area contributed by atoms with E-state index in [4.69, 9.17) is 33.2 Å². The molecule has 3 fully saturated rings. The van der Waals surface area contributed by atoms with Crippen molar-refractivity contribution in [1.29, 1.82) is 0 Å². The van der Waals surface area contributed by atoms with Crippen molar-refractivity contribution in [2.75, 3.05) is 13.2 Å². The molecular weight excluding hydrogens is 316 g/mol. The van der Waals surface area contributed by atoms with E-state index in [9.17, 15) is 14.4 Å². The maximum atomic E-state index is 11.5. The maximum Gasteiger partial charge on any atom is 0.511 e. The highest BCUT2D eigenvalue weighted by Gasteiger charge is 2.59. The van der Waals surface area contributed by atoms with Gasteiger partial charge >= 0.3 is 18.5 Å². The first-order valence-corrected chi connectivity index (χ1v) is 6.97.